The molecule has 0 heterocycles. The average Bonchev–Trinajstić information content (AvgIpc) is 3.04. The van der Waals surface area contributed by atoms with Gasteiger partial charge in [0.2, 0.25) is 0 Å². The number of benzene rings is 4. The number of hydrogen-bond acceptors (Lipinski definition) is 7. The van der Waals surface area contributed by atoms with Crippen molar-refractivity contribution in [3.05, 3.63) is 138 Å². The van der Waals surface area contributed by atoms with E-state index in [2.05, 4.69) is 30.3 Å². The van der Waals surface area contributed by atoms with Gasteiger partial charge < -0.3 is 18.9 Å². The van der Waals surface area contributed by atoms with Crippen LogP contribution in [-0.2, 0) is 14.3 Å². The lowest BCUT2D eigenvalue weighted by molar-refractivity contribution is -0.141. The zero-order valence-corrected chi connectivity index (χ0v) is 24.0. The molecule has 0 unspecified atom stereocenters. The van der Waals surface area contributed by atoms with Gasteiger partial charge in [-0.05, 0) is 97.1 Å². The fourth-order valence-corrected chi connectivity index (χ4v) is 3.61. The third-order valence-electron chi connectivity index (χ3n) is 5.84. The predicted molar refractivity (Wildman–Crippen MR) is 165 cm³/mol. The zero-order valence-electron chi connectivity index (χ0n) is 24.0. The van der Waals surface area contributed by atoms with E-state index in [1.165, 1.54) is 6.92 Å². The Kier molecular flexibility index (Phi) is 11.1. The van der Waals surface area contributed by atoms with Gasteiger partial charge in [0.15, 0.2) is 0 Å². The van der Waals surface area contributed by atoms with Crippen molar-refractivity contribution < 1.29 is 33.3 Å². The summed E-state index contributed by atoms with van der Waals surface area (Å²) in [6, 6.07) is 28.0. The van der Waals surface area contributed by atoms with Gasteiger partial charge in [-0.25, -0.2) is 9.59 Å². The standard InChI is InChI=1S/C37H28O7/c1-3-36(39)43-34-19-15-31(16-20-34)12-10-29-7-5-28(6-8-29)9-11-30-13-17-32(18-14-30)37(40)44-35-23-21-33(22-24-35)42-26-4-25-41-27(2)38/h3,5-8,13-24H,1,4,25-26H2,2H3. The second-order valence-electron chi connectivity index (χ2n) is 9.21. The normalized spacial score (nSPS) is 9.75. The lowest BCUT2D eigenvalue weighted by atomic mass is 10.1. The molecule has 0 bridgehead atoms. The van der Waals surface area contributed by atoms with Crippen LogP contribution >= 0.6 is 0 Å². The monoisotopic (exact) mass is 584 g/mol. The first-order chi connectivity index (χ1) is 21.4. The minimum Gasteiger partial charge on any atom is -0.493 e. The van der Waals surface area contributed by atoms with Crippen LogP contribution in [0.3, 0.4) is 0 Å². The minimum absolute atomic E-state index is 0.302. The van der Waals surface area contributed by atoms with Crippen LogP contribution in [0.2, 0.25) is 0 Å². The van der Waals surface area contributed by atoms with Crippen LogP contribution in [0.1, 0.15) is 46.0 Å². The molecule has 0 N–H and O–H groups in total. The van der Waals surface area contributed by atoms with E-state index in [9.17, 15) is 14.4 Å². The van der Waals surface area contributed by atoms with E-state index in [1.54, 1.807) is 72.8 Å². The first-order valence-corrected chi connectivity index (χ1v) is 13.6. The molecule has 0 saturated carbocycles. The average molecular weight is 585 g/mol. The Morgan fingerprint density at radius 1 is 0.614 bits per heavy atom. The summed E-state index contributed by atoms with van der Waals surface area (Å²) < 4.78 is 21.0. The van der Waals surface area contributed by atoms with Crippen molar-refractivity contribution in [1.29, 1.82) is 0 Å². The van der Waals surface area contributed by atoms with Crippen LogP contribution in [0.4, 0.5) is 0 Å². The molecule has 0 fully saturated rings. The molecule has 44 heavy (non-hydrogen) atoms. The Labute approximate surface area is 256 Å². The second-order valence-corrected chi connectivity index (χ2v) is 9.21. The second kappa shape index (κ2) is 15.8. The van der Waals surface area contributed by atoms with Crippen LogP contribution in [0.5, 0.6) is 17.2 Å². The highest BCUT2D eigenvalue weighted by Gasteiger charge is 2.09. The third kappa shape index (κ3) is 10.1. The molecule has 0 radical (unpaired) electrons. The summed E-state index contributed by atoms with van der Waals surface area (Å²) in [6.07, 6.45) is 1.69. The van der Waals surface area contributed by atoms with Gasteiger partial charge >= 0.3 is 17.9 Å². The first-order valence-electron chi connectivity index (χ1n) is 13.6. The lowest BCUT2D eigenvalue weighted by Gasteiger charge is -2.08. The van der Waals surface area contributed by atoms with Crippen LogP contribution in [0, 0.1) is 23.7 Å². The summed E-state index contributed by atoms with van der Waals surface area (Å²) in [5.41, 5.74) is 3.59. The predicted octanol–water partition coefficient (Wildman–Crippen LogP) is 6.13. The molecule has 7 nitrogen and oxygen atoms in total. The highest BCUT2D eigenvalue weighted by molar-refractivity contribution is 5.91. The van der Waals surface area contributed by atoms with Crippen molar-refractivity contribution in [3.8, 4) is 40.9 Å². The Bertz CT molecular complexity index is 1730. The molecule has 218 valence electrons. The van der Waals surface area contributed by atoms with Gasteiger partial charge in [0, 0.05) is 41.7 Å². The smallest absolute Gasteiger partial charge is 0.343 e. The molecule has 7 heteroatoms. The molecule has 0 aliphatic carbocycles. The summed E-state index contributed by atoms with van der Waals surface area (Å²) in [4.78, 5) is 34.6. The van der Waals surface area contributed by atoms with Crippen LogP contribution in [0.25, 0.3) is 0 Å². The molecule has 0 atom stereocenters. The van der Waals surface area contributed by atoms with E-state index in [4.69, 9.17) is 18.9 Å². The van der Waals surface area contributed by atoms with E-state index in [1.807, 2.05) is 24.3 Å². The van der Waals surface area contributed by atoms with E-state index < -0.39 is 11.9 Å². The number of hydrogen-bond donors (Lipinski definition) is 0. The Morgan fingerprint density at radius 3 is 1.55 bits per heavy atom. The number of rotatable bonds is 9. The molecule has 0 aliphatic heterocycles. The summed E-state index contributed by atoms with van der Waals surface area (Å²) >= 11 is 0. The van der Waals surface area contributed by atoms with E-state index in [0.717, 1.165) is 28.3 Å². The van der Waals surface area contributed by atoms with Gasteiger partial charge in [-0.3, -0.25) is 4.79 Å². The van der Waals surface area contributed by atoms with Crippen molar-refractivity contribution in [2.24, 2.45) is 0 Å². The summed E-state index contributed by atoms with van der Waals surface area (Å²) in [6.45, 7) is 5.44. The zero-order chi connectivity index (χ0) is 31.1. The summed E-state index contributed by atoms with van der Waals surface area (Å²) in [5, 5.41) is 0. The molecule has 0 aromatic heterocycles. The van der Waals surface area contributed by atoms with Crippen LogP contribution in [-0.4, -0.2) is 31.1 Å². The third-order valence-corrected chi connectivity index (χ3v) is 5.84. The molecule has 0 spiro atoms. The summed E-state index contributed by atoms with van der Waals surface area (Å²) in [5.74, 6) is 12.5. The summed E-state index contributed by atoms with van der Waals surface area (Å²) in [7, 11) is 0. The maximum atomic E-state index is 12.6. The van der Waals surface area contributed by atoms with Gasteiger partial charge in [0.05, 0.1) is 18.8 Å². The van der Waals surface area contributed by atoms with Gasteiger partial charge in [-0.15, -0.1) is 0 Å². The van der Waals surface area contributed by atoms with Crippen molar-refractivity contribution in [2.75, 3.05) is 13.2 Å². The van der Waals surface area contributed by atoms with Gasteiger partial charge in [-0.2, -0.15) is 0 Å². The van der Waals surface area contributed by atoms with E-state index in [-0.39, 0.29) is 5.97 Å². The fraction of sp³-hybridized carbons (Fsp3) is 0.108. The number of ether oxygens (including phenoxy) is 4. The molecule has 0 amide bonds. The minimum atomic E-state index is -0.512. The van der Waals surface area contributed by atoms with Gasteiger partial charge in [-0.1, -0.05) is 30.3 Å². The van der Waals surface area contributed by atoms with Gasteiger partial charge in [0.25, 0.3) is 0 Å². The van der Waals surface area contributed by atoms with Crippen LogP contribution in [0.15, 0.2) is 110 Å². The number of carbonyl (C=O) groups is 3. The Balaban J connectivity index is 1.26. The van der Waals surface area contributed by atoms with Gasteiger partial charge in [0.1, 0.15) is 17.2 Å². The largest absolute Gasteiger partial charge is 0.493 e. The van der Waals surface area contributed by atoms with Crippen molar-refractivity contribution >= 4 is 17.9 Å². The van der Waals surface area contributed by atoms with Crippen molar-refractivity contribution in [1.82, 2.24) is 0 Å². The molecule has 0 aliphatic rings. The molecule has 4 aromatic carbocycles. The van der Waals surface area contributed by atoms with Crippen molar-refractivity contribution in [3.63, 3.8) is 0 Å². The van der Waals surface area contributed by atoms with Crippen LogP contribution < -0.4 is 14.2 Å². The number of carbonyl (C=O) groups excluding carboxylic acids is 3. The highest BCUT2D eigenvalue weighted by atomic mass is 16.5. The van der Waals surface area contributed by atoms with E-state index >= 15 is 0 Å². The number of esters is 3. The highest BCUT2D eigenvalue weighted by Crippen LogP contribution is 2.19. The maximum absolute atomic E-state index is 12.6. The fourth-order valence-electron chi connectivity index (χ4n) is 3.61. The SMILES string of the molecule is C=CC(=O)Oc1ccc(C#Cc2ccc(C#Cc3ccc(C(=O)Oc4ccc(OCCCOC(C)=O)cc4)cc3)cc2)cc1. The Morgan fingerprint density at radius 2 is 1.05 bits per heavy atom. The molecule has 0 saturated heterocycles. The molecular formula is C37H28O7. The van der Waals surface area contributed by atoms with E-state index in [0.29, 0.717) is 42.4 Å². The quantitative estimate of drug-likeness (QED) is 0.0769. The first kappa shape index (κ1) is 30.9. The van der Waals surface area contributed by atoms with Crippen molar-refractivity contribution in [2.45, 2.75) is 13.3 Å². The topological polar surface area (TPSA) is 88.1 Å². The Hall–Kier alpha value is -6.05. The maximum Gasteiger partial charge on any atom is 0.343 e. The molecule has 4 aromatic rings. The molecular weight excluding hydrogens is 556 g/mol. The molecule has 4 rings (SSSR count). The lowest BCUT2D eigenvalue weighted by Crippen LogP contribution is -2.08.